The summed E-state index contributed by atoms with van der Waals surface area (Å²) in [6.45, 7) is -0.319. The van der Waals surface area contributed by atoms with Crippen molar-refractivity contribution in [3.05, 3.63) is 24.3 Å². The number of hydroxylamine groups is 1. The average molecular weight is 250 g/mol. The Morgan fingerprint density at radius 2 is 1.88 bits per heavy atom. The lowest BCUT2D eigenvalue weighted by molar-refractivity contribution is -0.274. The van der Waals surface area contributed by atoms with E-state index in [1.807, 2.05) is 0 Å². The number of rotatable bonds is 4. The molecule has 3 N–H and O–H groups in total. The number of nitrogens with one attached hydrogen (secondary N) is 2. The Hall–Kier alpha value is -1.80. The Morgan fingerprint density at radius 1 is 1.29 bits per heavy atom. The molecule has 17 heavy (non-hydrogen) atoms. The zero-order valence-electron chi connectivity index (χ0n) is 8.41. The van der Waals surface area contributed by atoms with Crippen molar-refractivity contribution in [1.29, 1.82) is 0 Å². The molecule has 0 aliphatic rings. The molecular weight excluding hydrogens is 241 g/mol. The van der Waals surface area contributed by atoms with Gasteiger partial charge in [-0.25, -0.2) is 0 Å². The van der Waals surface area contributed by atoms with Crippen LogP contribution in [0.15, 0.2) is 24.3 Å². The minimum Gasteiger partial charge on any atom is -0.406 e. The Balaban J connectivity index is 2.59. The smallest absolute Gasteiger partial charge is 0.406 e. The van der Waals surface area contributed by atoms with Gasteiger partial charge in [0, 0.05) is 5.69 Å². The number of anilines is 1. The maximum absolute atomic E-state index is 11.8. The lowest BCUT2D eigenvalue weighted by Gasteiger charge is -2.09. The van der Waals surface area contributed by atoms with Crippen molar-refractivity contribution in [1.82, 2.24) is 5.48 Å². The van der Waals surface area contributed by atoms with Gasteiger partial charge in [-0.15, -0.1) is 13.2 Å². The first kappa shape index (κ1) is 13.3. The maximum atomic E-state index is 11.8. The number of amides is 1. The molecule has 0 spiro atoms. The third kappa shape index (κ3) is 5.18. The fourth-order valence-corrected chi connectivity index (χ4v) is 1.02. The maximum Gasteiger partial charge on any atom is 0.573 e. The van der Waals surface area contributed by atoms with E-state index in [0.29, 0.717) is 5.69 Å². The van der Waals surface area contributed by atoms with Crippen molar-refractivity contribution in [2.45, 2.75) is 6.36 Å². The van der Waals surface area contributed by atoms with E-state index in [2.05, 4.69) is 10.1 Å². The first-order valence-electron chi connectivity index (χ1n) is 4.43. The standard InChI is InChI=1S/C9H9F3N2O3/c10-9(11,12)17-7-3-1-6(2-4-7)14-8(15)5-13-16/h1-4,13,16H,5H2,(H,14,15). The molecule has 1 aromatic carbocycles. The first-order chi connectivity index (χ1) is 7.90. The molecule has 0 atom stereocenters. The second-order valence-corrected chi connectivity index (χ2v) is 2.96. The summed E-state index contributed by atoms with van der Waals surface area (Å²) in [5.74, 6) is -0.909. The van der Waals surface area contributed by atoms with Crippen molar-refractivity contribution in [3.63, 3.8) is 0 Å². The predicted molar refractivity (Wildman–Crippen MR) is 51.5 cm³/mol. The van der Waals surface area contributed by atoms with Crippen LogP contribution >= 0.6 is 0 Å². The lowest BCUT2D eigenvalue weighted by Crippen LogP contribution is -2.25. The number of alkyl halides is 3. The normalized spacial score (nSPS) is 11.1. The molecule has 0 saturated heterocycles. The highest BCUT2D eigenvalue weighted by atomic mass is 19.4. The minimum atomic E-state index is -4.74. The number of carbonyl (C=O) groups is 1. The molecule has 8 heteroatoms. The highest BCUT2D eigenvalue weighted by Gasteiger charge is 2.30. The van der Waals surface area contributed by atoms with Crippen LogP contribution in [0.5, 0.6) is 5.75 Å². The summed E-state index contributed by atoms with van der Waals surface area (Å²) >= 11 is 0. The quantitative estimate of drug-likeness (QED) is 0.708. The van der Waals surface area contributed by atoms with Crippen LogP contribution in [-0.2, 0) is 4.79 Å². The Morgan fingerprint density at radius 3 is 2.35 bits per heavy atom. The topological polar surface area (TPSA) is 70.6 Å². The van der Waals surface area contributed by atoms with Gasteiger partial charge in [0.1, 0.15) is 12.3 Å². The molecule has 0 unspecified atom stereocenters. The molecule has 0 fully saturated rings. The van der Waals surface area contributed by atoms with Crippen molar-refractivity contribution in [3.8, 4) is 5.75 Å². The largest absolute Gasteiger partial charge is 0.573 e. The summed E-state index contributed by atoms with van der Waals surface area (Å²) in [5, 5.41) is 10.6. The van der Waals surface area contributed by atoms with Crippen molar-refractivity contribution < 1.29 is 27.9 Å². The van der Waals surface area contributed by atoms with Gasteiger partial charge in [-0.2, -0.15) is 5.48 Å². The molecule has 94 valence electrons. The third-order valence-electron chi connectivity index (χ3n) is 1.61. The number of halogens is 3. The van der Waals surface area contributed by atoms with E-state index in [9.17, 15) is 18.0 Å². The number of hydrogen-bond acceptors (Lipinski definition) is 4. The highest BCUT2D eigenvalue weighted by molar-refractivity contribution is 5.92. The van der Waals surface area contributed by atoms with Gasteiger partial charge in [-0.05, 0) is 24.3 Å². The van der Waals surface area contributed by atoms with Crippen LogP contribution < -0.4 is 15.5 Å². The van der Waals surface area contributed by atoms with Gasteiger partial charge < -0.3 is 15.3 Å². The van der Waals surface area contributed by atoms with E-state index in [4.69, 9.17) is 5.21 Å². The molecule has 0 aliphatic heterocycles. The molecule has 1 aromatic rings. The fourth-order valence-electron chi connectivity index (χ4n) is 1.02. The summed E-state index contributed by atoms with van der Waals surface area (Å²) in [6.07, 6.45) is -4.74. The van der Waals surface area contributed by atoms with Gasteiger partial charge in [0.2, 0.25) is 5.91 Å². The van der Waals surface area contributed by atoms with Crippen LogP contribution in [0.25, 0.3) is 0 Å². The summed E-state index contributed by atoms with van der Waals surface area (Å²) in [6, 6.07) is 4.62. The van der Waals surface area contributed by atoms with E-state index in [0.717, 1.165) is 12.1 Å². The van der Waals surface area contributed by atoms with Gasteiger partial charge in [-0.3, -0.25) is 4.79 Å². The lowest BCUT2D eigenvalue weighted by atomic mass is 10.3. The molecule has 0 aromatic heterocycles. The zero-order chi connectivity index (χ0) is 12.9. The molecule has 0 radical (unpaired) electrons. The number of benzene rings is 1. The van der Waals surface area contributed by atoms with Crippen molar-refractivity contribution in [2.24, 2.45) is 0 Å². The molecule has 0 bridgehead atoms. The molecule has 0 saturated carbocycles. The van der Waals surface area contributed by atoms with Gasteiger partial charge in [0.05, 0.1) is 0 Å². The highest BCUT2D eigenvalue weighted by Crippen LogP contribution is 2.23. The number of carbonyl (C=O) groups excluding carboxylic acids is 1. The summed E-state index contributed by atoms with van der Waals surface area (Å²) < 4.78 is 39.1. The van der Waals surface area contributed by atoms with Gasteiger partial charge in [-0.1, -0.05) is 0 Å². The van der Waals surface area contributed by atoms with Gasteiger partial charge in [0.25, 0.3) is 0 Å². The Labute approximate surface area is 94.1 Å². The van der Waals surface area contributed by atoms with Crippen molar-refractivity contribution >= 4 is 11.6 Å². The Kier molecular flexibility index (Phi) is 4.30. The monoisotopic (exact) mass is 250 g/mol. The number of ether oxygens (including phenoxy) is 1. The van der Waals surface area contributed by atoms with Crippen LogP contribution in [0.3, 0.4) is 0 Å². The van der Waals surface area contributed by atoms with Gasteiger partial charge in [0.15, 0.2) is 0 Å². The molecule has 0 aliphatic carbocycles. The molecule has 1 amide bonds. The minimum absolute atomic E-state index is 0.291. The Bertz CT molecular complexity index is 378. The van der Waals surface area contributed by atoms with Crippen LogP contribution in [-0.4, -0.2) is 24.0 Å². The van der Waals surface area contributed by atoms with Crippen LogP contribution in [0, 0.1) is 0 Å². The fraction of sp³-hybridized carbons (Fsp3) is 0.222. The predicted octanol–water partition coefficient (Wildman–Crippen LogP) is 1.50. The summed E-state index contributed by atoms with van der Waals surface area (Å²) in [5.41, 5.74) is 1.94. The second kappa shape index (κ2) is 5.51. The molecule has 0 heterocycles. The van der Waals surface area contributed by atoms with E-state index in [-0.39, 0.29) is 12.3 Å². The number of hydrogen-bond donors (Lipinski definition) is 3. The molecular formula is C9H9F3N2O3. The summed E-state index contributed by atoms with van der Waals surface area (Å²) in [7, 11) is 0. The van der Waals surface area contributed by atoms with Crippen molar-refractivity contribution in [2.75, 3.05) is 11.9 Å². The zero-order valence-corrected chi connectivity index (χ0v) is 8.41. The SMILES string of the molecule is O=C(CNO)Nc1ccc(OC(F)(F)F)cc1. The van der Waals surface area contributed by atoms with Gasteiger partial charge >= 0.3 is 6.36 Å². The van der Waals surface area contributed by atoms with E-state index in [1.165, 1.54) is 12.1 Å². The van der Waals surface area contributed by atoms with E-state index < -0.39 is 12.3 Å². The van der Waals surface area contributed by atoms with Crippen LogP contribution in [0.4, 0.5) is 18.9 Å². The first-order valence-corrected chi connectivity index (χ1v) is 4.43. The van der Waals surface area contributed by atoms with Crippen LogP contribution in [0.1, 0.15) is 0 Å². The second-order valence-electron chi connectivity index (χ2n) is 2.96. The van der Waals surface area contributed by atoms with E-state index >= 15 is 0 Å². The molecule has 5 nitrogen and oxygen atoms in total. The van der Waals surface area contributed by atoms with E-state index in [1.54, 1.807) is 5.48 Å². The summed E-state index contributed by atoms with van der Waals surface area (Å²) in [4.78, 5) is 11.0. The average Bonchev–Trinajstić information content (AvgIpc) is 2.19. The third-order valence-corrected chi connectivity index (χ3v) is 1.61. The molecule has 1 rings (SSSR count). The van der Waals surface area contributed by atoms with Crippen LogP contribution in [0.2, 0.25) is 0 Å².